The first-order valence-corrected chi connectivity index (χ1v) is 11.3. The molecule has 0 aliphatic heterocycles. The maximum absolute atomic E-state index is 10.6. The highest BCUT2D eigenvalue weighted by Crippen LogP contribution is 2.30. The number of aryl methyl sites for hydroxylation is 1. The zero-order chi connectivity index (χ0) is 24.8. The van der Waals surface area contributed by atoms with Crippen LogP contribution in [0.4, 0.5) is 13.2 Å². The summed E-state index contributed by atoms with van der Waals surface area (Å²) in [7, 11) is 0. The number of rotatable bonds is 5. The summed E-state index contributed by atoms with van der Waals surface area (Å²) in [5.41, 5.74) is 9.27. The number of carboxylic acids is 1. The Morgan fingerprint density at radius 2 is 1.54 bits per heavy atom. The van der Waals surface area contributed by atoms with Crippen molar-refractivity contribution in [1.82, 2.24) is 9.97 Å². The van der Waals surface area contributed by atoms with Crippen molar-refractivity contribution in [2.75, 3.05) is 0 Å². The summed E-state index contributed by atoms with van der Waals surface area (Å²) in [6.07, 6.45) is 3.42. The number of hydrogen-bond acceptors (Lipinski definition) is 2. The minimum Gasteiger partial charge on any atom is -0.475 e. The van der Waals surface area contributed by atoms with Crippen LogP contribution < -0.4 is 0 Å². The number of aromatic amines is 1. The van der Waals surface area contributed by atoms with Gasteiger partial charge in [-0.2, -0.15) is 13.2 Å². The van der Waals surface area contributed by atoms with Crippen LogP contribution in [0.15, 0.2) is 85.3 Å². The lowest BCUT2D eigenvalue weighted by Gasteiger charge is -2.10. The van der Waals surface area contributed by atoms with Crippen LogP contribution >= 0.6 is 0 Å². The Bertz CT molecular complexity index is 1240. The van der Waals surface area contributed by atoms with E-state index in [0.29, 0.717) is 0 Å². The van der Waals surface area contributed by atoms with Crippen molar-refractivity contribution in [2.45, 2.75) is 31.9 Å². The van der Waals surface area contributed by atoms with Crippen molar-refractivity contribution in [2.24, 2.45) is 5.92 Å². The number of fused-ring (bicyclic) bond motifs is 1. The van der Waals surface area contributed by atoms with Gasteiger partial charge in [-0.05, 0) is 65.5 Å². The van der Waals surface area contributed by atoms with E-state index in [-0.39, 0.29) is 0 Å². The minimum atomic E-state index is -5.08. The summed E-state index contributed by atoms with van der Waals surface area (Å²) < 4.78 is 31.7. The molecule has 1 heterocycles. The first kappa shape index (κ1) is 24.3. The van der Waals surface area contributed by atoms with Crippen molar-refractivity contribution in [1.29, 1.82) is 0 Å². The Balaban J connectivity index is 0.000000364. The molecule has 4 aromatic rings. The van der Waals surface area contributed by atoms with Gasteiger partial charge in [-0.1, -0.05) is 66.7 Å². The lowest BCUT2D eigenvalue weighted by Crippen LogP contribution is -2.21. The average Bonchev–Trinajstić information content (AvgIpc) is 3.53. The molecular weight excluding hydrogens is 453 g/mol. The third-order valence-corrected chi connectivity index (χ3v) is 6.18. The standard InChI is InChI=1S/C26H24N2.C2HF3O2/c1-2-5-23-15-20(14-22(23)4-1)9-8-19-10-12-21(13-11-19)24-6-3-7-25(16-24)26-17-27-18-28-26;3-2(4,5)1(6)7/h1-7,10-13,16-18,20H,8-9,14-15H2,(H,27,28);(H,6,7). The van der Waals surface area contributed by atoms with Crippen molar-refractivity contribution < 1.29 is 23.1 Å². The van der Waals surface area contributed by atoms with E-state index in [0.717, 1.165) is 18.0 Å². The van der Waals surface area contributed by atoms with Gasteiger partial charge < -0.3 is 10.1 Å². The Kier molecular flexibility index (Phi) is 7.34. The van der Waals surface area contributed by atoms with Crippen LogP contribution in [-0.4, -0.2) is 27.2 Å². The van der Waals surface area contributed by atoms with Crippen LogP contribution in [-0.2, 0) is 24.1 Å². The number of benzene rings is 3. The van der Waals surface area contributed by atoms with Crippen LogP contribution in [0.2, 0.25) is 0 Å². The Hall–Kier alpha value is -3.87. The number of alkyl halides is 3. The van der Waals surface area contributed by atoms with Crippen LogP contribution in [0.5, 0.6) is 0 Å². The van der Waals surface area contributed by atoms with Crippen molar-refractivity contribution in [3.8, 4) is 22.4 Å². The summed E-state index contributed by atoms with van der Waals surface area (Å²) in [4.78, 5) is 16.2. The van der Waals surface area contributed by atoms with Gasteiger partial charge in [-0.25, -0.2) is 9.78 Å². The molecule has 0 amide bonds. The van der Waals surface area contributed by atoms with Crippen molar-refractivity contribution in [3.05, 3.63) is 102 Å². The van der Waals surface area contributed by atoms with Gasteiger partial charge in [0.1, 0.15) is 0 Å². The van der Waals surface area contributed by atoms with E-state index < -0.39 is 12.1 Å². The average molecular weight is 479 g/mol. The molecule has 0 saturated carbocycles. The number of nitrogens with zero attached hydrogens (tertiary/aromatic N) is 1. The molecule has 5 rings (SSSR count). The highest BCUT2D eigenvalue weighted by Gasteiger charge is 2.38. The van der Waals surface area contributed by atoms with Gasteiger partial charge in [0, 0.05) is 5.56 Å². The fraction of sp³-hybridized carbons (Fsp3) is 0.214. The van der Waals surface area contributed by atoms with E-state index in [1.807, 2.05) is 6.20 Å². The van der Waals surface area contributed by atoms with Crippen LogP contribution in [0.25, 0.3) is 22.4 Å². The number of aliphatic carboxylic acids is 1. The summed E-state index contributed by atoms with van der Waals surface area (Å²) in [5, 5.41) is 7.12. The number of carboxylic acid groups (broad SMARTS) is 1. The van der Waals surface area contributed by atoms with Gasteiger partial charge in [-0.3, -0.25) is 0 Å². The van der Waals surface area contributed by atoms with E-state index in [9.17, 15) is 13.2 Å². The highest BCUT2D eigenvalue weighted by atomic mass is 19.4. The van der Waals surface area contributed by atoms with Gasteiger partial charge in [0.25, 0.3) is 0 Å². The Morgan fingerprint density at radius 1 is 0.914 bits per heavy atom. The molecule has 0 fully saturated rings. The largest absolute Gasteiger partial charge is 0.490 e. The number of nitrogens with one attached hydrogen (secondary N) is 1. The maximum atomic E-state index is 10.6. The second-order valence-corrected chi connectivity index (χ2v) is 8.63. The lowest BCUT2D eigenvalue weighted by atomic mass is 9.95. The summed E-state index contributed by atoms with van der Waals surface area (Å²) in [6.45, 7) is 0. The molecule has 4 nitrogen and oxygen atoms in total. The molecule has 1 aliphatic carbocycles. The molecule has 3 aromatic carbocycles. The number of H-pyrrole nitrogens is 1. The Morgan fingerprint density at radius 3 is 2.11 bits per heavy atom. The molecule has 180 valence electrons. The van der Waals surface area contributed by atoms with Crippen LogP contribution in [0, 0.1) is 5.92 Å². The van der Waals surface area contributed by atoms with Gasteiger partial charge >= 0.3 is 12.1 Å². The second kappa shape index (κ2) is 10.6. The van der Waals surface area contributed by atoms with E-state index in [1.165, 1.54) is 41.5 Å². The summed E-state index contributed by atoms with van der Waals surface area (Å²) in [5.74, 6) is -1.96. The zero-order valence-corrected chi connectivity index (χ0v) is 18.9. The SMILES string of the molecule is O=C(O)C(F)(F)F.c1cc(-c2ccc(CCC3Cc4ccccc4C3)cc2)cc(-c2cnc[nH]2)c1. The van der Waals surface area contributed by atoms with Gasteiger partial charge in [0.05, 0.1) is 18.2 Å². The second-order valence-electron chi connectivity index (χ2n) is 8.63. The first-order valence-electron chi connectivity index (χ1n) is 11.3. The predicted octanol–water partition coefficient (Wildman–Crippen LogP) is 6.72. The minimum absolute atomic E-state index is 0.795. The highest BCUT2D eigenvalue weighted by molar-refractivity contribution is 5.73. The molecule has 0 bridgehead atoms. The number of imidazole rings is 1. The van der Waals surface area contributed by atoms with Crippen molar-refractivity contribution >= 4 is 5.97 Å². The summed E-state index contributed by atoms with van der Waals surface area (Å²) in [6, 6.07) is 26.6. The molecule has 1 aromatic heterocycles. The van der Waals surface area contributed by atoms with Gasteiger partial charge in [0.2, 0.25) is 0 Å². The fourth-order valence-corrected chi connectivity index (χ4v) is 4.37. The van der Waals surface area contributed by atoms with E-state index in [1.54, 1.807) is 17.5 Å². The van der Waals surface area contributed by atoms with E-state index in [2.05, 4.69) is 82.8 Å². The Labute approximate surface area is 201 Å². The lowest BCUT2D eigenvalue weighted by molar-refractivity contribution is -0.192. The third-order valence-electron chi connectivity index (χ3n) is 6.18. The molecule has 2 N–H and O–H groups in total. The fourth-order valence-electron chi connectivity index (χ4n) is 4.37. The maximum Gasteiger partial charge on any atom is 0.490 e. The number of aromatic nitrogens is 2. The smallest absolute Gasteiger partial charge is 0.475 e. The monoisotopic (exact) mass is 478 g/mol. The number of halogens is 3. The van der Waals surface area contributed by atoms with Crippen molar-refractivity contribution in [3.63, 3.8) is 0 Å². The molecule has 0 unspecified atom stereocenters. The molecule has 35 heavy (non-hydrogen) atoms. The van der Waals surface area contributed by atoms with E-state index >= 15 is 0 Å². The first-order chi connectivity index (χ1) is 16.8. The third kappa shape index (κ3) is 6.38. The molecule has 1 aliphatic rings. The number of carbonyl (C=O) groups is 1. The topological polar surface area (TPSA) is 66.0 Å². The molecular formula is C28H25F3N2O2. The molecule has 0 spiro atoms. The molecule has 0 atom stereocenters. The normalized spacial score (nSPS) is 13.1. The van der Waals surface area contributed by atoms with Crippen LogP contribution in [0.3, 0.4) is 0 Å². The summed E-state index contributed by atoms with van der Waals surface area (Å²) >= 11 is 0. The predicted molar refractivity (Wildman–Crippen MR) is 129 cm³/mol. The van der Waals surface area contributed by atoms with Gasteiger partial charge in [-0.15, -0.1) is 0 Å². The van der Waals surface area contributed by atoms with E-state index in [4.69, 9.17) is 9.90 Å². The zero-order valence-electron chi connectivity index (χ0n) is 18.9. The quantitative estimate of drug-likeness (QED) is 0.334. The van der Waals surface area contributed by atoms with Crippen LogP contribution in [0.1, 0.15) is 23.1 Å². The molecule has 0 radical (unpaired) electrons. The number of hydrogen-bond donors (Lipinski definition) is 2. The molecule has 0 saturated heterocycles. The van der Waals surface area contributed by atoms with Gasteiger partial charge in [0.15, 0.2) is 0 Å². The molecule has 7 heteroatoms.